The first-order valence-corrected chi connectivity index (χ1v) is 6.65. The quantitative estimate of drug-likeness (QED) is 0.806. The van der Waals surface area contributed by atoms with Crippen molar-refractivity contribution in [3.05, 3.63) is 35.4 Å². The number of benzene rings is 1. The van der Waals surface area contributed by atoms with Gasteiger partial charge in [0, 0.05) is 0 Å². The Kier molecular flexibility index (Phi) is 2.51. The third kappa shape index (κ3) is 1.34. The van der Waals surface area contributed by atoms with Gasteiger partial charge in [0.05, 0.1) is 0 Å². The molecule has 0 radical (unpaired) electrons. The lowest BCUT2D eigenvalue weighted by Gasteiger charge is -2.40. The molecule has 2 aliphatic rings. The number of fused-ring (bicyclic) bond motifs is 3. The van der Waals surface area contributed by atoms with E-state index >= 15 is 0 Å². The van der Waals surface area contributed by atoms with Gasteiger partial charge in [-0.25, -0.2) is 0 Å². The lowest BCUT2D eigenvalue weighted by atomic mass is 9.64. The van der Waals surface area contributed by atoms with Crippen LogP contribution >= 0.6 is 0 Å². The average Bonchev–Trinajstić information content (AvgIpc) is 2.64. The molecule has 2 N–H and O–H groups in total. The van der Waals surface area contributed by atoms with Crippen molar-refractivity contribution < 1.29 is 0 Å². The molecular weight excluding hydrogens is 194 g/mol. The van der Waals surface area contributed by atoms with Crippen LogP contribution in [0, 0.1) is 5.92 Å². The summed E-state index contributed by atoms with van der Waals surface area (Å²) in [4.78, 5) is 0. The Labute approximate surface area is 98.0 Å². The number of hydrogen-bond acceptors (Lipinski definition) is 1. The molecule has 0 aliphatic heterocycles. The molecule has 1 heteroatoms. The smallest absolute Gasteiger partial charge is 0.0000895 e. The molecule has 0 amide bonds. The van der Waals surface area contributed by atoms with Crippen LogP contribution in [0.5, 0.6) is 0 Å². The summed E-state index contributed by atoms with van der Waals surface area (Å²) in [6, 6.07) is 9.07. The van der Waals surface area contributed by atoms with Crippen LogP contribution in [0.2, 0.25) is 0 Å². The van der Waals surface area contributed by atoms with Gasteiger partial charge in [0.2, 0.25) is 0 Å². The third-order valence-electron chi connectivity index (χ3n) is 4.82. The minimum atomic E-state index is 0.448. The topological polar surface area (TPSA) is 26.0 Å². The minimum Gasteiger partial charge on any atom is -0.330 e. The van der Waals surface area contributed by atoms with Gasteiger partial charge in [-0.05, 0) is 54.7 Å². The third-order valence-corrected chi connectivity index (χ3v) is 4.82. The van der Waals surface area contributed by atoms with E-state index in [0.29, 0.717) is 5.41 Å². The van der Waals surface area contributed by atoms with Crippen molar-refractivity contribution in [3.8, 4) is 0 Å². The Bertz CT molecular complexity index is 381. The molecule has 2 unspecified atom stereocenters. The van der Waals surface area contributed by atoms with E-state index < -0.39 is 0 Å². The Balaban J connectivity index is 2.06. The fourth-order valence-corrected chi connectivity index (χ4v) is 4.13. The van der Waals surface area contributed by atoms with Gasteiger partial charge in [0.1, 0.15) is 0 Å². The molecule has 0 aromatic heterocycles. The largest absolute Gasteiger partial charge is 0.330 e. The van der Waals surface area contributed by atoms with Gasteiger partial charge >= 0.3 is 0 Å². The van der Waals surface area contributed by atoms with Crippen LogP contribution in [0.25, 0.3) is 0 Å². The van der Waals surface area contributed by atoms with Gasteiger partial charge < -0.3 is 5.73 Å². The van der Waals surface area contributed by atoms with Crippen molar-refractivity contribution in [2.24, 2.45) is 11.7 Å². The van der Waals surface area contributed by atoms with Crippen LogP contribution in [0.3, 0.4) is 0 Å². The van der Waals surface area contributed by atoms with Crippen LogP contribution in [-0.2, 0) is 11.8 Å². The molecule has 16 heavy (non-hydrogen) atoms. The molecule has 86 valence electrons. The summed E-state index contributed by atoms with van der Waals surface area (Å²) in [5, 5.41) is 0. The number of hydrogen-bond donors (Lipinski definition) is 1. The van der Waals surface area contributed by atoms with Crippen molar-refractivity contribution in [2.75, 3.05) is 6.54 Å². The lowest BCUT2D eigenvalue weighted by molar-refractivity contribution is 0.194. The lowest BCUT2D eigenvalue weighted by Crippen LogP contribution is -2.36. The summed E-state index contributed by atoms with van der Waals surface area (Å²) in [5.41, 5.74) is 9.54. The molecule has 0 spiro atoms. The molecule has 0 heterocycles. The van der Waals surface area contributed by atoms with E-state index in [9.17, 15) is 0 Å². The zero-order valence-corrected chi connectivity index (χ0v) is 9.91. The van der Waals surface area contributed by atoms with Gasteiger partial charge in [-0.2, -0.15) is 0 Å². The van der Waals surface area contributed by atoms with E-state index in [1.165, 1.54) is 38.5 Å². The predicted octanol–water partition coefficient (Wildman–Crippen LogP) is 3.02. The Morgan fingerprint density at radius 2 is 2.12 bits per heavy atom. The second-order valence-electron chi connectivity index (χ2n) is 5.50. The fourth-order valence-electron chi connectivity index (χ4n) is 4.13. The molecule has 1 nitrogen and oxygen atoms in total. The first-order valence-electron chi connectivity index (χ1n) is 6.65. The molecule has 2 atom stereocenters. The van der Waals surface area contributed by atoms with Crippen LogP contribution in [0.15, 0.2) is 24.3 Å². The molecule has 3 rings (SSSR count). The SMILES string of the molecule is NCCC12CCCCC1Cc1ccccc12. The maximum absolute atomic E-state index is 5.87. The van der Waals surface area contributed by atoms with Crippen molar-refractivity contribution in [2.45, 2.75) is 43.9 Å². The van der Waals surface area contributed by atoms with Gasteiger partial charge in [-0.1, -0.05) is 37.1 Å². The molecule has 0 bridgehead atoms. The zero-order valence-electron chi connectivity index (χ0n) is 9.91. The van der Waals surface area contributed by atoms with E-state index in [0.717, 1.165) is 12.5 Å². The molecule has 2 aliphatic carbocycles. The minimum absolute atomic E-state index is 0.448. The summed E-state index contributed by atoms with van der Waals surface area (Å²) in [6.45, 7) is 0.838. The highest BCUT2D eigenvalue weighted by molar-refractivity contribution is 5.41. The van der Waals surface area contributed by atoms with Crippen LogP contribution < -0.4 is 5.73 Å². The maximum atomic E-state index is 5.87. The Hall–Kier alpha value is -0.820. The Morgan fingerprint density at radius 1 is 1.25 bits per heavy atom. The number of nitrogens with two attached hydrogens (primary N) is 1. The van der Waals surface area contributed by atoms with Crippen LogP contribution in [-0.4, -0.2) is 6.54 Å². The molecule has 1 fully saturated rings. The summed E-state index contributed by atoms with van der Waals surface area (Å²) < 4.78 is 0. The van der Waals surface area contributed by atoms with Gasteiger partial charge in [-0.15, -0.1) is 0 Å². The van der Waals surface area contributed by atoms with Crippen molar-refractivity contribution in [1.82, 2.24) is 0 Å². The van der Waals surface area contributed by atoms with Gasteiger partial charge in [0.25, 0.3) is 0 Å². The number of rotatable bonds is 2. The predicted molar refractivity (Wildman–Crippen MR) is 67.5 cm³/mol. The highest BCUT2D eigenvalue weighted by Gasteiger charge is 2.46. The summed E-state index contributed by atoms with van der Waals surface area (Å²) in [6.07, 6.45) is 8.08. The van der Waals surface area contributed by atoms with Crippen LogP contribution in [0.1, 0.15) is 43.2 Å². The summed E-state index contributed by atoms with van der Waals surface area (Å²) >= 11 is 0. The maximum Gasteiger partial charge on any atom is -0.0000895 e. The highest BCUT2D eigenvalue weighted by atomic mass is 14.6. The van der Waals surface area contributed by atoms with E-state index in [-0.39, 0.29) is 0 Å². The van der Waals surface area contributed by atoms with Gasteiger partial charge in [-0.3, -0.25) is 0 Å². The summed E-state index contributed by atoms with van der Waals surface area (Å²) in [5.74, 6) is 0.877. The average molecular weight is 215 g/mol. The second-order valence-corrected chi connectivity index (χ2v) is 5.50. The molecule has 1 aromatic rings. The van der Waals surface area contributed by atoms with E-state index in [1.54, 1.807) is 11.1 Å². The van der Waals surface area contributed by atoms with Crippen molar-refractivity contribution >= 4 is 0 Å². The van der Waals surface area contributed by atoms with E-state index in [2.05, 4.69) is 24.3 Å². The second kappa shape index (κ2) is 3.89. The zero-order chi connectivity index (χ0) is 11.0. The first-order chi connectivity index (χ1) is 7.87. The fraction of sp³-hybridized carbons (Fsp3) is 0.600. The normalized spacial score (nSPS) is 32.2. The molecular formula is C15H21N. The highest BCUT2D eigenvalue weighted by Crippen LogP contribution is 2.53. The summed E-state index contributed by atoms with van der Waals surface area (Å²) in [7, 11) is 0. The van der Waals surface area contributed by atoms with Crippen LogP contribution in [0.4, 0.5) is 0 Å². The van der Waals surface area contributed by atoms with Gasteiger partial charge in [0.15, 0.2) is 0 Å². The van der Waals surface area contributed by atoms with E-state index in [1.807, 2.05) is 0 Å². The monoisotopic (exact) mass is 215 g/mol. The van der Waals surface area contributed by atoms with E-state index in [4.69, 9.17) is 5.73 Å². The molecule has 1 aromatic carbocycles. The Morgan fingerprint density at radius 3 is 3.00 bits per heavy atom. The standard InChI is InChI=1S/C15H21N/c16-10-9-15-8-4-3-6-13(15)11-12-5-1-2-7-14(12)15/h1-2,5,7,13H,3-4,6,8-11,16H2. The molecule has 1 saturated carbocycles. The first kappa shape index (κ1) is 10.3. The molecule has 0 saturated heterocycles. The van der Waals surface area contributed by atoms with Crippen molar-refractivity contribution in [1.29, 1.82) is 0 Å². The van der Waals surface area contributed by atoms with Crippen molar-refractivity contribution in [3.63, 3.8) is 0 Å².